The lowest BCUT2D eigenvalue weighted by atomic mass is 10.2. The van der Waals surface area contributed by atoms with Crippen molar-refractivity contribution in [1.29, 1.82) is 0 Å². The van der Waals surface area contributed by atoms with E-state index in [9.17, 15) is 9.59 Å². The summed E-state index contributed by atoms with van der Waals surface area (Å²) in [6, 6.07) is 11.2. The van der Waals surface area contributed by atoms with Crippen LogP contribution < -0.4 is 20.5 Å². The fraction of sp³-hybridized carbons (Fsp3) is 0.217. The second-order valence-corrected chi connectivity index (χ2v) is 8.42. The first-order valence-corrected chi connectivity index (χ1v) is 10.9. The van der Waals surface area contributed by atoms with Gasteiger partial charge < -0.3 is 14.8 Å². The molecular weight excluding hydrogens is 442 g/mol. The molecule has 0 unspecified atom stereocenters. The fourth-order valence-electron chi connectivity index (χ4n) is 3.33. The van der Waals surface area contributed by atoms with Crippen LogP contribution in [0.1, 0.15) is 11.1 Å². The zero-order valence-electron chi connectivity index (χ0n) is 18.7. The summed E-state index contributed by atoms with van der Waals surface area (Å²) in [5, 5.41) is 7.71. The Bertz CT molecular complexity index is 1370. The molecule has 4 rings (SSSR count). The summed E-state index contributed by atoms with van der Waals surface area (Å²) in [5.41, 5.74) is 2.74. The number of rotatable bonds is 7. The van der Waals surface area contributed by atoms with Gasteiger partial charge in [-0.25, -0.2) is 18.9 Å². The average Bonchev–Trinajstić information content (AvgIpc) is 3.11. The van der Waals surface area contributed by atoms with Crippen molar-refractivity contribution in [3.63, 3.8) is 0 Å². The maximum absolute atomic E-state index is 12.8. The molecule has 33 heavy (non-hydrogen) atoms. The zero-order chi connectivity index (χ0) is 23.5. The first-order chi connectivity index (χ1) is 15.9. The number of aryl methyl sites for hydroxylation is 2. The minimum Gasteiger partial charge on any atom is -0.497 e. The largest absolute Gasteiger partial charge is 0.497 e. The van der Waals surface area contributed by atoms with E-state index >= 15 is 0 Å². The van der Waals surface area contributed by atoms with Crippen LogP contribution in [-0.4, -0.2) is 39.3 Å². The van der Waals surface area contributed by atoms with Gasteiger partial charge in [-0.3, -0.25) is 4.79 Å². The van der Waals surface area contributed by atoms with E-state index in [0.717, 1.165) is 15.1 Å². The number of carbonyl (C=O) groups is 1. The van der Waals surface area contributed by atoms with Gasteiger partial charge >= 0.3 is 5.69 Å². The van der Waals surface area contributed by atoms with Crippen molar-refractivity contribution in [1.82, 2.24) is 19.2 Å². The summed E-state index contributed by atoms with van der Waals surface area (Å²) in [5.74, 6) is 0.662. The van der Waals surface area contributed by atoms with Crippen LogP contribution in [0.2, 0.25) is 0 Å². The first-order valence-electron chi connectivity index (χ1n) is 10.1. The Morgan fingerprint density at radius 3 is 2.48 bits per heavy atom. The minimum atomic E-state index is -0.423. The lowest BCUT2D eigenvalue weighted by Crippen LogP contribution is -2.28. The summed E-state index contributed by atoms with van der Waals surface area (Å²) in [7, 11) is 3.05. The fourth-order valence-corrected chi connectivity index (χ4v) is 4.24. The van der Waals surface area contributed by atoms with Crippen LogP contribution in [0.15, 0.2) is 63.5 Å². The van der Waals surface area contributed by atoms with Crippen LogP contribution in [0.25, 0.3) is 5.65 Å². The number of ether oxygens (including phenoxy) is 2. The van der Waals surface area contributed by atoms with Crippen molar-refractivity contribution in [3.8, 4) is 11.5 Å². The predicted molar refractivity (Wildman–Crippen MR) is 125 cm³/mol. The summed E-state index contributed by atoms with van der Waals surface area (Å²) in [6.07, 6.45) is 3.09. The molecule has 1 amide bonds. The van der Waals surface area contributed by atoms with Gasteiger partial charge in [0.25, 0.3) is 0 Å². The summed E-state index contributed by atoms with van der Waals surface area (Å²) < 4.78 is 13.0. The zero-order valence-corrected chi connectivity index (χ0v) is 19.5. The molecule has 0 aliphatic heterocycles. The number of nitrogens with one attached hydrogen (secondary N) is 1. The van der Waals surface area contributed by atoms with Crippen LogP contribution in [0, 0.1) is 13.8 Å². The predicted octanol–water partition coefficient (Wildman–Crippen LogP) is 3.31. The van der Waals surface area contributed by atoms with E-state index in [1.807, 2.05) is 26.0 Å². The Morgan fingerprint density at radius 2 is 1.82 bits per heavy atom. The van der Waals surface area contributed by atoms with Crippen molar-refractivity contribution in [2.75, 3.05) is 19.5 Å². The van der Waals surface area contributed by atoms with Crippen molar-refractivity contribution in [3.05, 3.63) is 70.4 Å². The molecule has 0 radical (unpaired) electrons. The van der Waals surface area contributed by atoms with Crippen molar-refractivity contribution < 1.29 is 14.3 Å². The highest BCUT2D eigenvalue weighted by Crippen LogP contribution is 2.31. The molecule has 2 heterocycles. The van der Waals surface area contributed by atoms with Crippen molar-refractivity contribution in [2.24, 2.45) is 0 Å². The molecule has 0 atom stereocenters. The molecule has 10 heteroatoms. The SMILES string of the molecule is COc1cc(NC(=O)Cn2nc3c(Sc4ccc(C)cc4C)nccn3c2=O)cc(OC)c1. The monoisotopic (exact) mass is 465 g/mol. The minimum absolute atomic E-state index is 0.256. The highest BCUT2D eigenvalue weighted by Gasteiger charge is 2.16. The maximum atomic E-state index is 12.8. The number of nitrogens with zero attached hydrogens (tertiary/aromatic N) is 4. The number of fused-ring (bicyclic) bond motifs is 1. The highest BCUT2D eigenvalue weighted by atomic mass is 32.2. The van der Waals surface area contributed by atoms with Gasteiger partial charge in [-0.15, -0.1) is 5.10 Å². The molecule has 2 aromatic carbocycles. The molecule has 170 valence electrons. The van der Waals surface area contributed by atoms with Gasteiger partial charge in [0.2, 0.25) is 5.91 Å². The number of anilines is 1. The van der Waals surface area contributed by atoms with E-state index < -0.39 is 11.6 Å². The lowest BCUT2D eigenvalue weighted by Gasteiger charge is -2.09. The van der Waals surface area contributed by atoms with Crippen molar-refractivity contribution in [2.45, 2.75) is 30.3 Å². The molecule has 1 N–H and O–H groups in total. The normalized spacial score (nSPS) is 10.9. The Morgan fingerprint density at radius 1 is 1.09 bits per heavy atom. The number of amides is 1. The van der Waals surface area contributed by atoms with Crippen LogP contribution in [0.4, 0.5) is 5.69 Å². The molecule has 9 nitrogen and oxygen atoms in total. The highest BCUT2D eigenvalue weighted by molar-refractivity contribution is 7.99. The van der Waals surface area contributed by atoms with Gasteiger partial charge in [0.1, 0.15) is 23.1 Å². The Hall–Kier alpha value is -3.79. The molecule has 4 aromatic rings. The van der Waals surface area contributed by atoms with Gasteiger partial charge in [0, 0.05) is 41.2 Å². The molecule has 2 aromatic heterocycles. The Balaban J connectivity index is 1.59. The van der Waals surface area contributed by atoms with E-state index in [2.05, 4.69) is 21.5 Å². The number of methoxy groups -OCH3 is 2. The first kappa shape index (κ1) is 22.4. The third-order valence-corrected chi connectivity index (χ3v) is 6.09. The Kier molecular flexibility index (Phi) is 6.36. The smallest absolute Gasteiger partial charge is 0.350 e. The lowest BCUT2D eigenvalue weighted by molar-refractivity contribution is -0.117. The second kappa shape index (κ2) is 9.37. The van der Waals surface area contributed by atoms with Gasteiger partial charge in [-0.2, -0.15) is 0 Å². The summed E-state index contributed by atoms with van der Waals surface area (Å²) in [6.45, 7) is 3.81. The molecule has 0 saturated carbocycles. The van der Waals surface area contributed by atoms with Crippen molar-refractivity contribution >= 4 is 29.0 Å². The van der Waals surface area contributed by atoms with Crippen LogP contribution in [0.3, 0.4) is 0 Å². The second-order valence-electron chi connectivity index (χ2n) is 7.39. The van der Waals surface area contributed by atoms with Gasteiger partial charge in [0.15, 0.2) is 5.65 Å². The van der Waals surface area contributed by atoms with E-state index in [0.29, 0.717) is 27.9 Å². The number of hydrogen-bond acceptors (Lipinski definition) is 7. The molecule has 0 bridgehead atoms. The van der Waals surface area contributed by atoms with Gasteiger partial charge in [-0.05, 0) is 25.5 Å². The van der Waals surface area contributed by atoms with Gasteiger partial charge in [-0.1, -0.05) is 29.5 Å². The average molecular weight is 466 g/mol. The standard InChI is InChI=1S/C23H23N5O4S/c1-14-5-6-19(15(2)9-14)33-22-21-26-28(23(30)27(21)8-7-24-22)13-20(29)25-16-10-17(31-3)12-18(11-16)32-4/h5-12H,13H2,1-4H3,(H,25,29). The van der Waals surface area contributed by atoms with E-state index in [4.69, 9.17) is 9.47 Å². The molecule has 0 aliphatic carbocycles. The van der Waals surface area contributed by atoms with E-state index in [-0.39, 0.29) is 6.54 Å². The molecule has 0 aliphatic rings. The third kappa shape index (κ3) is 4.85. The van der Waals surface area contributed by atoms with Crippen LogP contribution in [0.5, 0.6) is 11.5 Å². The quantitative estimate of drug-likeness (QED) is 0.447. The van der Waals surface area contributed by atoms with E-state index in [1.54, 1.807) is 24.4 Å². The number of benzene rings is 2. The summed E-state index contributed by atoms with van der Waals surface area (Å²) in [4.78, 5) is 30.9. The third-order valence-electron chi connectivity index (χ3n) is 4.93. The number of carbonyl (C=O) groups excluding carboxylic acids is 1. The van der Waals surface area contributed by atoms with Crippen LogP contribution >= 0.6 is 11.8 Å². The van der Waals surface area contributed by atoms with E-state index in [1.165, 1.54) is 42.1 Å². The Labute approximate surface area is 194 Å². The molecule has 0 spiro atoms. The topological polar surface area (TPSA) is 99.7 Å². The maximum Gasteiger partial charge on any atom is 0.350 e. The molecule has 0 fully saturated rings. The van der Waals surface area contributed by atoms with Gasteiger partial charge in [0.05, 0.1) is 14.2 Å². The number of hydrogen-bond donors (Lipinski definition) is 1. The van der Waals surface area contributed by atoms with Crippen LogP contribution in [-0.2, 0) is 11.3 Å². The molecular formula is C23H23N5O4S. The number of aromatic nitrogens is 4. The summed E-state index contributed by atoms with van der Waals surface area (Å²) >= 11 is 1.43. The molecule has 0 saturated heterocycles.